The molecule has 44 heavy (non-hydrogen) atoms. The fraction of sp³-hybridized carbons (Fsp3) is 0.345. The highest BCUT2D eigenvalue weighted by Crippen LogP contribution is 2.39. The predicted molar refractivity (Wildman–Crippen MR) is 159 cm³/mol. The molecule has 1 saturated heterocycles. The van der Waals surface area contributed by atoms with Crippen LogP contribution in [0.25, 0.3) is 32.6 Å². The van der Waals surface area contributed by atoms with Gasteiger partial charge in [0, 0.05) is 66.5 Å². The number of aromatic nitrogens is 3. The molecule has 3 aromatic heterocycles. The Kier molecular flexibility index (Phi) is 8.99. The lowest BCUT2D eigenvalue weighted by Crippen LogP contribution is -2.44. The Bertz CT molecular complexity index is 1770. The molecule has 0 spiro atoms. The molecule has 0 radical (unpaired) electrons. The Labute approximate surface area is 253 Å². The molecule has 2 amide bonds. The largest absolute Gasteiger partial charge is 0.477 e. The van der Waals surface area contributed by atoms with Gasteiger partial charge < -0.3 is 19.7 Å². The zero-order chi connectivity index (χ0) is 31.6. The number of fused-ring (bicyclic) bond motifs is 1. The minimum absolute atomic E-state index is 0.0133. The van der Waals surface area contributed by atoms with Gasteiger partial charge in [-0.1, -0.05) is 6.07 Å². The third kappa shape index (κ3) is 6.59. The van der Waals surface area contributed by atoms with Crippen LogP contribution in [0.3, 0.4) is 0 Å². The van der Waals surface area contributed by atoms with E-state index < -0.39 is 34.9 Å². The summed E-state index contributed by atoms with van der Waals surface area (Å²) in [5, 5.41) is 16.0. The standard InChI is InChI=1S/C29H29F3N6O5S/c1-3-33-28(42)36-24-11-18(26-35-23(15-44-26)29(30,31)32)20(12-34-24)17-4-5-22-19(10-17)25(39)21(27(40)41)14-38(22)13-16(2)37-6-8-43-9-7-37/h4-5,10-12,14-16H,3,6-9,13H2,1-2H3,(H,40,41)(H2,33,34,36,42). The van der Waals surface area contributed by atoms with Crippen LogP contribution in [-0.4, -0.2) is 75.4 Å². The molecule has 15 heteroatoms. The highest BCUT2D eigenvalue weighted by Gasteiger charge is 2.34. The average Bonchev–Trinajstić information content (AvgIpc) is 3.50. The zero-order valence-electron chi connectivity index (χ0n) is 23.8. The Balaban J connectivity index is 1.63. The maximum Gasteiger partial charge on any atom is 0.434 e. The zero-order valence-corrected chi connectivity index (χ0v) is 24.6. The number of halogens is 3. The fourth-order valence-corrected chi connectivity index (χ4v) is 5.92. The molecule has 0 bridgehead atoms. The molecule has 1 fully saturated rings. The van der Waals surface area contributed by atoms with E-state index in [9.17, 15) is 32.7 Å². The number of pyridine rings is 2. The van der Waals surface area contributed by atoms with Crippen molar-refractivity contribution in [2.75, 3.05) is 38.2 Å². The number of carboxylic acids is 1. The van der Waals surface area contributed by atoms with E-state index >= 15 is 0 Å². The molecule has 0 saturated carbocycles. The highest BCUT2D eigenvalue weighted by atomic mass is 32.1. The number of alkyl halides is 3. The van der Waals surface area contributed by atoms with Crippen molar-refractivity contribution >= 4 is 40.1 Å². The number of hydrogen-bond donors (Lipinski definition) is 3. The van der Waals surface area contributed by atoms with Crippen LogP contribution in [0.2, 0.25) is 0 Å². The number of carboxylic acid groups (broad SMARTS) is 1. The van der Waals surface area contributed by atoms with Gasteiger partial charge in [0.15, 0.2) is 5.69 Å². The van der Waals surface area contributed by atoms with Crippen molar-refractivity contribution < 1.29 is 32.6 Å². The molecule has 232 valence electrons. The van der Waals surface area contributed by atoms with Crippen LogP contribution in [-0.2, 0) is 17.5 Å². The number of nitrogens with one attached hydrogen (secondary N) is 2. The number of rotatable bonds is 8. The van der Waals surface area contributed by atoms with Crippen LogP contribution in [0.15, 0.2) is 46.8 Å². The van der Waals surface area contributed by atoms with Crippen LogP contribution in [0, 0.1) is 0 Å². The van der Waals surface area contributed by atoms with Gasteiger partial charge in [-0.15, -0.1) is 11.3 Å². The van der Waals surface area contributed by atoms with Crippen LogP contribution in [0.1, 0.15) is 29.9 Å². The van der Waals surface area contributed by atoms with E-state index in [0.29, 0.717) is 42.9 Å². The van der Waals surface area contributed by atoms with Gasteiger partial charge >= 0.3 is 18.2 Å². The van der Waals surface area contributed by atoms with Crippen molar-refractivity contribution in [3.05, 3.63) is 63.5 Å². The SMILES string of the molecule is CCNC(=O)Nc1cc(-c2nc(C(F)(F)F)cs2)c(-c2ccc3c(c2)c(=O)c(C(=O)O)cn3CC(C)N2CCOCC2)cn1. The second-order valence-electron chi connectivity index (χ2n) is 10.2. The summed E-state index contributed by atoms with van der Waals surface area (Å²) in [6, 6.07) is 5.75. The molecular formula is C29H29F3N6O5S. The molecule has 1 aliphatic heterocycles. The Morgan fingerprint density at radius 2 is 1.93 bits per heavy atom. The third-order valence-electron chi connectivity index (χ3n) is 7.26. The number of nitrogens with zero attached hydrogens (tertiary/aromatic N) is 4. The first-order chi connectivity index (χ1) is 21.0. The monoisotopic (exact) mass is 630 g/mol. The molecule has 1 unspecified atom stereocenters. The molecule has 5 rings (SSSR count). The molecule has 4 aromatic rings. The van der Waals surface area contributed by atoms with E-state index in [1.54, 1.807) is 23.6 Å². The summed E-state index contributed by atoms with van der Waals surface area (Å²) in [5.41, 5.74) is -0.685. The molecule has 1 aromatic carbocycles. The Hall–Kier alpha value is -4.34. The summed E-state index contributed by atoms with van der Waals surface area (Å²) in [5.74, 6) is -1.30. The van der Waals surface area contributed by atoms with Crippen LogP contribution in [0.5, 0.6) is 0 Å². The van der Waals surface area contributed by atoms with Gasteiger partial charge in [-0.05, 0) is 37.6 Å². The molecule has 11 nitrogen and oxygen atoms in total. The number of carbonyl (C=O) groups excluding carboxylic acids is 1. The normalized spacial score (nSPS) is 14.8. The Morgan fingerprint density at radius 3 is 2.59 bits per heavy atom. The minimum atomic E-state index is -4.66. The number of aromatic carboxylic acids is 1. The van der Waals surface area contributed by atoms with Crippen LogP contribution >= 0.6 is 11.3 Å². The van der Waals surface area contributed by atoms with Crippen LogP contribution in [0.4, 0.5) is 23.8 Å². The molecular weight excluding hydrogens is 601 g/mol. The minimum Gasteiger partial charge on any atom is -0.477 e. The summed E-state index contributed by atoms with van der Waals surface area (Å²) in [7, 11) is 0. The van der Waals surface area contributed by atoms with Crippen molar-refractivity contribution in [3.63, 3.8) is 0 Å². The smallest absolute Gasteiger partial charge is 0.434 e. The predicted octanol–water partition coefficient (Wildman–Crippen LogP) is 4.77. The molecule has 3 N–H and O–H groups in total. The maximum atomic E-state index is 13.4. The number of morpholine rings is 1. The lowest BCUT2D eigenvalue weighted by atomic mass is 9.99. The summed E-state index contributed by atoms with van der Waals surface area (Å²) < 4.78 is 47.4. The topological polar surface area (TPSA) is 139 Å². The Morgan fingerprint density at radius 1 is 1.18 bits per heavy atom. The fourth-order valence-electron chi connectivity index (χ4n) is 5.07. The van der Waals surface area contributed by atoms with E-state index in [0.717, 1.165) is 29.8 Å². The number of hydrogen-bond acceptors (Lipinski definition) is 8. The van der Waals surface area contributed by atoms with E-state index in [4.69, 9.17) is 4.74 Å². The number of urea groups is 1. The summed E-state index contributed by atoms with van der Waals surface area (Å²) in [4.78, 5) is 47.8. The molecule has 0 aliphatic carbocycles. The van der Waals surface area contributed by atoms with Crippen LogP contribution < -0.4 is 16.1 Å². The average molecular weight is 631 g/mol. The maximum absolute atomic E-state index is 13.4. The van der Waals surface area contributed by atoms with Gasteiger partial charge in [0.05, 0.1) is 18.7 Å². The number of anilines is 1. The quantitative estimate of drug-likeness (QED) is 0.253. The third-order valence-corrected chi connectivity index (χ3v) is 8.14. The van der Waals surface area contributed by atoms with Crippen molar-refractivity contribution in [2.45, 2.75) is 32.6 Å². The molecule has 1 atom stereocenters. The molecule has 1 aliphatic rings. The van der Waals surface area contributed by atoms with Crippen molar-refractivity contribution in [3.8, 4) is 21.7 Å². The van der Waals surface area contributed by atoms with Gasteiger partial charge in [-0.25, -0.2) is 19.6 Å². The highest BCUT2D eigenvalue weighted by molar-refractivity contribution is 7.13. The van der Waals surface area contributed by atoms with Crippen molar-refractivity contribution in [1.29, 1.82) is 0 Å². The summed E-state index contributed by atoms with van der Waals surface area (Å²) >= 11 is 0.768. The van der Waals surface area contributed by atoms with Crippen molar-refractivity contribution in [1.82, 2.24) is 24.8 Å². The van der Waals surface area contributed by atoms with E-state index in [2.05, 4.69) is 25.5 Å². The van der Waals surface area contributed by atoms with E-state index in [1.807, 2.05) is 6.92 Å². The first-order valence-electron chi connectivity index (χ1n) is 13.8. The van der Waals surface area contributed by atoms with Gasteiger partial charge in [0.2, 0.25) is 5.43 Å². The number of ether oxygens (including phenoxy) is 1. The van der Waals surface area contributed by atoms with Gasteiger partial charge in [0.1, 0.15) is 16.4 Å². The summed E-state index contributed by atoms with van der Waals surface area (Å²) in [6.07, 6.45) is -1.96. The lowest BCUT2D eigenvalue weighted by molar-refractivity contribution is -0.140. The lowest BCUT2D eigenvalue weighted by Gasteiger charge is -2.33. The second kappa shape index (κ2) is 12.7. The first-order valence-corrected chi connectivity index (χ1v) is 14.6. The van der Waals surface area contributed by atoms with E-state index in [1.165, 1.54) is 24.5 Å². The first kappa shape index (κ1) is 31.1. The van der Waals surface area contributed by atoms with Crippen molar-refractivity contribution in [2.24, 2.45) is 0 Å². The number of carbonyl (C=O) groups is 2. The number of amides is 2. The number of benzene rings is 1. The second-order valence-corrected chi connectivity index (χ2v) is 11.1. The number of thiazole rings is 1. The summed E-state index contributed by atoms with van der Waals surface area (Å²) in [6.45, 7) is 7.13. The van der Waals surface area contributed by atoms with Gasteiger partial charge in [-0.3, -0.25) is 15.0 Å². The molecule has 4 heterocycles. The van der Waals surface area contributed by atoms with Gasteiger partial charge in [0.25, 0.3) is 0 Å². The van der Waals surface area contributed by atoms with E-state index in [-0.39, 0.29) is 27.8 Å². The van der Waals surface area contributed by atoms with Gasteiger partial charge in [-0.2, -0.15) is 13.2 Å².